The summed E-state index contributed by atoms with van der Waals surface area (Å²) in [5.41, 5.74) is 0. The zero-order valence-electron chi connectivity index (χ0n) is 10.5. The van der Waals surface area contributed by atoms with Crippen LogP contribution in [0.25, 0.3) is 0 Å². The van der Waals surface area contributed by atoms with E-state index in [1.54, 1.807) is 6.07 Å². The van der Waals surface area contributed by atoms with Gasteiger partial charge in [0.05, 0.1) is 5.02 Å². The van der Waals surface area contributed by atoms with Gasteiger partial charge in [0.25, 0.3) is 0 Å². The Balaban J connectivity index is 2.83. The van der Waals surface area contributed by atoms with Crippen LogP contribution in [0.4, 0.5) is 0 Å². The summed E-state index contributed by atoms with van der Waals surface area (Å²) in [6, 6.07) is 4.36. The van der Waals surface area contributed by atoms with E-state index in [0.717, 1.165) is 12.8 Å². The van der Waals surface area contributed by atoms with Crippen molar-refractivity contribution >= 4 is 44.8 Å². The van der Waals surface area contributed by atoms with Crippen molar-refractivity contribution in [3.05, 3.63) is 28.2 Å². The van der Waals surface area contributed by atoms with Crippen molar-refractivity contribution in [2.75, 3.05) is 12.4 Å². The van der Waals surface area contributed by atoms with Crippen LogP contribution in [-0.4, -0.2) is 20.8 Å². The smallest absolute Gasteiger partial charge is 0.211 e. The number of rotatable bonds is 7. The molecule has 0 aliphatic heterocycles. The van der Waals surface area contributed by atoms with Gasteiger partial charge in [0.15, 0.2) is 0 Å². The summed E-state index contributed by atoms with van der Waals surface area (Å²) < 4.78 is 26.8. The lowest BCUT2D eigenvalue weighted by atomic mass is 10.0. The van der Waals surface area contributed by atoms with Gasteiger partial charge in [-0.3, -0.25) is 0 Å². The van der Waals surface area contributed by atoms with Crippen molar-refractivity contribution < 1.29 is 8.42 Å². The molecule has 0 aromatic heterocycles. The molecule has 19 heavy (non-hydrogen) atoms. The van der Waals surface area contributed by atoms with Crippen LogP contribution in [0.2, 0.25) is 10.0 Å². The molecule has 0 amide bonds. The van der Waals surface area contributed by atoms with Gasteiger partial charge in [-0.15, -0.1) is 11.6 Å². The fourth-order valence-electron chi connectivity index (χ4n) is 1.59. The quantitative estimate of drug-likeness (QED) is 0.762. The first kappa shape index (κ1) is 17.1. The lowest BCUT2D eigenvalue weighted by molar-refractivity contribution is 0.481. The minimum atomic E-state index is -3.65. The van der Waals surface area contributed by atoms with Crippen LogP contribution in [0.5, 0.6) is 0 Å². The maximum absolute atomic E-state index is 12.1. The predicted octanol–water partition coefficient (Wildman–Crippen LogP) is 3.93. The topological polar surface area (TPSA) is 46.2 Å². The molecule has 3 nitrogen and oxygen atoms in total. The van der Waals surface area contributed by atoms with E-state index in [1.807, 2.05) is 6.92 Å². The van der Waals surface area contributed by atoms with Crippen molar-refractivity contribution in [2.24, 2.45) is 5.92 Å². The molecule has 108 valence electrons. The van der Waals surface area contributed by atoms with E-state index in [4.69, 9.17) is 34.8 Å². The standard InChI is InChI=1S/C12H16Cl3NO2S/c1-2-9(5-6-13)8-16-19(17,18)12-7-10(14)3-4-11(12)15/h3-4,7,9,16H,2,5-6,8H2,1H3. The molecular weight excluding hydrogens is 329 g/mol. The van der Waals surface area contributed by atoms with E-state index in [1.165, 1.54) is 12.1 Å². The van der Waals surface area contributed by atoms with E-state index in [0.29, 0.717) is 17.4 Å². The minimum Gasteiger partial charge on any atom is -0.211 e. The molecule has 1 atom stereocenters. The molecular formula is C12H16Cl3NO2S. The number of alkyl halides is 1. The highest BCUT2D eigenvalue weighted by atomic mass is 35.5. The Bertz CT molecular complexity index is 520. The number of nitrogens with one attached hydrogen (secondary N) is 1. The highest BCUT2D eigenvalue weighted by Crippen LogP contribution is 2.25. The van der Waals surface area contributed by atoms with Gasteiger partial charge in [-0.05, 0) is 30.5 Å². The van der Waals surface area contributed by atoms with E-state index in [9.17, 15) is 8.42 Å². The van der Waals surface area contributed by atoms with Crippen molar-refractivity contribution in [3.8, 4) is 0 Å². The summed E-state index contributed by atoms with van der Waals surface area (Å²) in [5.74, 6) is 0.725. The first-order valence-corrected chi connectivity index (χ1v) is 8.68. The summed E-state index contributed by atoms with van der Waals surface area (Å²) in [7, 11) is -3.65. The van der Waals surface area contributed by atoms with Crippen LogP contribution >= 0.6 is 34.8 Å². The van der Waals surface area contributed by atoms with Crippen molar-refractivity contribution in [2.45, 2.75) is 24.7 Å². The second kappa shape index (κ2) is 7.70. The SMILES string of the molecule is CCC(CCCl)CNS(=O)(=O)c1cc(Cl)ccc1Cl. The number of sulfonamides is 1. The average Bonchev–Trinajstić information content (AvgIpc) is 2.37. The van der Waals surface area contributed by atoms with Crippen LogP contribution < -0.4 is 4.72 Å². The molecule has 7 heteroatoms. The largest absolute Gasteiger partial charge is 0.242 e. The molecule has 1 N–H and O–H groups in total. The van der Waals surface area contributed by atoms with Crippen LogP contribution in [-0.2, 0) is 10.0 Å². The van der Waals surface area contributed by atoms with Gasteiger partial charge < -0.3 is 0 Å². The molecule has 0 saturated heterocycles. The monoisotopic (exact) mass is 343 g/mol. The Morgan fingerprint density at radius 1 is 1.32 bits per heavy atom. The predicted molar refractivity (Wildman–Crippen MR) is 80.8 cm³/mol. The van der Waals surface area contributed by atoms with E-state index in [2.05, 4.69) is 4.72 Å². The third kappa shape index (κ3) is 5.12. The van der Waals surface area contributed by atoms with E-state index >= 15 is 0 Å². The molecule has 1 unspecified atom stereocenters. The summed E-state index contributed by atoms with van der Waals surface area (Å²) in [4.78, 5) is 0.00222. The molecule has 0 aliphatic carbocycles. The van der Waals surface area contributed by atoms with Gasteiger partial charge in [-0.25, -0.2) is 13.1 Å². The molecule has 1 aromatic rings. The minimum absolute atomic E-state index is 0.00222. The zero-order valence-corrected chi connectivity index (χ0v) is 13.6. The van der Waals surface area contributed by atoms with Crippen molar-refractivity contribution in [1.29, 1.82) is 0 Å². The van der Waals surface area contributed by atoms with Gasteiger partial charge in [-0.2, -0.15) is 0 Å². The van der Waals surface area contributed by atoms with Gasteiger partial charge in [0, 0.05) is 17.4 Å². The Labute approximate surface area is 129 Å². The summed E-state index contributed by atoms with van der Waals surface area (Å²) in [6.45, 7) is 2.34. The maximum atomic E-state index is 12.1. The molecule has 0 bridgehead atoms. The lowest BCUT2D eigenvalue weighted by Gasteiger charge is -2.15. The fourth-order valence-corrected chi connectivity index (χ4v) is 3.78. The highest BCUT2D eigenvalue weighted by Gasteiger charge is 2.19. The Morgan fingerprint density at radius 2 is 2.00 bits per heavy atom. The molecule has 1 aromatic carbocycles. The van der Waals surface area contributed by atoms with E-state index < -0.39 is 10.0 Å². The zero-order chi connectivity index (χ0) is 14.5. The first-order valence-electron chi connectivity index (χ1n) is 5.91. The molecule has 0 aliphatic rings. The van der Waals surface area contributed by atoms with Crippen LogP contribution in [0, 0.1) is 5.92 Å². The maximum Gasteiger partial charge on any atom is 0.242 e. The van der Waals surface area contributed by atoms with Crippen LogP contribution in [0.15, 0.2) is 23.1 Å². The third-order valence-corrected chi connectivity index (χ3v) is 5.20. The van der Waals surface area contributed by atoms with Gasteiger partial charge >= 0.3 is 0 Å². The molecule has 0 heterocycles. The number of halogens is 3. The second-order valence-electron chi connectivity index (χ2n) is 4.18. The first-order chi connectivity index (χ1) is 8.90. The average molecular weight is 345 g/mol. The molecule has 0 radical (unpaired) electrons. The lowest BCUT2D eigenvalue weighted by Crippen LogP contribution is -2.29. The van der Waals surface area contributed by atoms with E-state index in [-0.39, 0.29) is 15.8 Å². The Kier molecular flexibility index (Phi) is 6.91. The van der Waals surface area contributed by atoms with Gasteiger partial charge in [-0.1, -0.05) is 36.5 Å². The van der Waals surface area contributed by atoms with Crippen molar-refractivity contribution in [3.63, 3.8) is 0 Å². The fraction of sp³-hybridized carbons (Fsp3) is 0.500. The number of hydrogen-bond donors (Lipinski definition) is 1. The Morgan fingerprint density at radius 3 is 2.58 bits per heavy atom. The summed E-state index contributed by atoms with van der Waals surface area (Å²) in [6.07, 6.45) is 1.63. The van der Waals surface area contributed by atoms with Gasteiger partial charge in [0.1, 0.15) is 4.90 Å². The second-order valence-corrected chi connectivity index (χ2v) is 7.14. The van der Waals surface area contributed by atoms with Crippen LogP contribution in [0.1, 0.15) is 19.8 Å². The molecule has 0 spiro atoms. The number of hydrogen-bond acceptors (Lipinski definition) is 2. The summed E-state index contributed by atoms with van der Waals surface area (Å²) >= 11 is 17.4. The third-order valence-electron chi connectivity index (χ3n) is 2.84. The molecule has 0 fully saturated rings. The van der Waals surface area contributed by atoms with Crippen LogP contribution in [0.3, 0.4) is 0 Å². The van der Waals surface area contributed by atoms with Crippen molar-refractivity contribution in [1.82, 2.24) is 4.72 Å². The highest BCUT2D eigenvalue weighted by molar-refractivity contribution is 7.89. The molecule has 0 saturated carbocycles. The molecule has 1 rings (SSSR count). The summed E-state index contributed by atoms with van der Waals surface area (Å²) in [5, 5.41) is 0.486. The van der Waals surface area contributed by atoms with Gasteiger partial charge in [0.2, 0.25) is 10.0 Å². The number of benzene rings is 1. The normalized spacial score (nSPS) is 13.5. The Hall–Kier alpha value is -0.000000000000000111.